The van der Waals surface area contributed by atoms with E-state index in [-0.39, 0.29) is 18.3 Å². The summed E-state index contributed by atoms with van der Waals surface area (Å²) >= 11 is 18.7. The lowest BCUT2D eigenvalue weighted by Crippen LogP contribution is -2.34. The smallest absolute Gasteiger partial charge is 0.232 e. The number of carbonyl (C=O) groups is 1. The van der Waals surface area contributed by atoms with Gasteiger partial charge in [-0.1, -0.05) is 40.9 Å². The molecule has 0 bridgehead atoms. The summed E-state index contributed by atoms with van der Waals surface area (Å²) in [5.41, 5.74) is 4.72. The van der Waals surface area contributed by atoms with Gasteiger partial charge in [-0.15, -0.1) is 0 Å². The largest absolute Gasteiger partial charge is 0.478 e. The standard InChI is InChI=1S/C28H22Cl3NO5/c1-15-6-23-21(11-32(13-35-23)5-4-16-2-3-19(29)10-22(16)31)28-25(15)26(33)24(37-28)9-17-7-20(30)8-18-12-34-14-36-27(17)18/h2-3,6-10H,4-5,11-14H2,1H3/b24-9+. The Hall–Kier alpha value is -2.74. The third-order valence-corrected chi connectivity index (χ3v) is 7.50. The van der Waals surface area contributed by atoms with Crippen molar-refractivity contribution in [1.29, 1.82) is 0 Å². The normalized spacial score (nSPS) is 17.5. The quantitative estimate of drug-likeness (QED) is 0.327. The second kappa shape index (κ2) is 9.86. The van der Waals surface area contributed by atoms with Crippen LogP contribution in [0.3, 0.4) is 0 Å². The van der Waals surface area contributed by atoms with Gasteiger partial charge in [0.1, 0.15) is 24.0 Å². The molecular formula is C28H22Cl3NO5. The number of Topliss-reactive ketones (excluding diaryl/α,β-unsaturated/α-hetero) is 1. The molecule has 0 radical (unpaired) electrons. The van der Waals surface area contributed by atoms with Crippen LogP contribution in [0, 0.1) is 6.92 Å². The number of ketones is 1. The van der Waals surface area contributed by atoms with Crippen molar-refractivity contribution in [2.24, 2.45) is 0 Å². The van der Waals surface area contributed by atoms with Gasteiger partial charge in [0.05, 0.1) is 17.7 Å². The highest BCUT2D eigenvalue weighted by atomic mass is 35.5. The lowest BCUT2D eigenvalue weighted by molar-refractivity contribution is -0.0165. The Morgan fingerprint density at radius 2 is 1.89 bits per heavy atom. The summed E-state index contributed by atoms with van der Waals surface area (Å²) in [4.78, 5) is 15.6. The molecule has 0 atom stereocenters. The van der Waals surface area contributed by atoms with Crippen LogP contribution in [0.1, 0.15) is 38.2 Å². The summed E-state index contributed by atoms with van der Waals surface area (Å²) in [6, 6.07) is 11.0. The van der Waals surface area contributed by atoms with E-state index in [4.69, 9.17) is 53.8 Å². The molecule has 37 heavy (non-hydrogen) atoms. The zero-order chi connectivity index (χ0) is 25.7. The first kappa shape index (κ1) is 24.6. The lowest BCUT2D eigenvalue weighted by Gasteiger charge is -2.30. The van der Waals surface area contributed by atoms with Crippen molar-refractivity contribution in [2.45, 2.75) is 26.5 Å². The van der Waals surface area contributed by atoms with Crippen LogP contribution in [-0.4, -0.2) is 30.8 Å². The highest BCUT2D eigenvalue weighted by Crippen LogP contribution is 2.45. The molecule has 3 aromatic carbocycles. The first-order valence-corrected chi connectivity index (χ1v) is 12.9. The predicted molar refractivity (Wildman–Crippen MR) is 142 cm³/mol. The summed E-state index contributed by atoms with van der Waals surface area (Å²) in [5, 5.41) is 1.78. The number of allylic oxidation sites excluding steroid dienone is 1. The number of carbonyl (C=O) groups excluding carboxylic acids is 1. The van der Waals surface area contributed by atoms with Crippen LogP contribution in [0.4, 0.5) is 0 Å². The van der Waals surface area contributed by atoms with Gasteiger partial charge in [0.25, 0.3) is 0 Å². The van der Waals surface area contributed by atoms with Crippen molar-refractivity contribution in [2.75, 3.05) is 20.1 Å². The van der Waals surface area contributed by atoms with Gasteiger partial charge in [0, 0.05) is 39.3 Å². The second-order valence-corrected chi connectivity index (χ2v) is 10.5. The summed E-state index contributed by atoms with van der Waals surface area (Å²) in [6.07, 6.45) is 2.42. The van der Waals surface area contributed by atoms with Crippen molar-refractivity contribution in [1.82, 2.24) is 4.90 Å². The molecule has 0 amide bonds. The highest BCUT2D eigenvalue weighted by molar-refractivity contribution is 6.35. The number of ether oxygens (including phenoxy) is 4. The van der Waals surface area contributed by atoms with Crippen LogP contribution in [-0.2, 0) is 24.3 Å². The van der Waals surface area contributed by atoms with Gasteiger partial charge in [0.15, 0.2) is 12.6 Å². The minimum absolute atomic E-state index is 0.140. The van der Waals surface area contributed by atoms with E-state index in [1.165, 1.54) is 0 Å². The van der Waals surface area contributed by atoms with Crippen molar-refractivity contribution >= 4 is 46.7 Å². The summed E-state index contributed by atoms with van der Waals surface area (Å²) in [5.74, 6) is 1.95. The molecule has 9 heteroatoms. The number of hydrogen-bond donors (Lipinski definition) is 0. The number of hydrogen-bond acceptors (Lipinski definition) is 6. The topological polar surface area (TPSA) is 57.2 Å². The molecule has 0 unspecified atom stereocenters. The Morgan fingerprint density at radius 1 is 1.03 bits per heavy atom. The lowest BCUT2D eigenvalue weighted by atomic mass is 9.98. The molecule has 3 aliphatic rings. The van der Waals surface area contributed by atoms with Gasteiger partial charge in [-0.05, 0) is 60.9 Å². The van der Waals surface area contributed by atoms with Crippen LogP contribution in [0.25, 0.3) is 6.08 Å². The molecule has 0 spiro atoms. The van der Waals surface area contributed by atoms with Crippen molar-refractivity contribution in [3.05, 3.63) is 90.6 Å². The summed E-state index contributed by atoms with van der Waals surface area (Å²) in [6.45, 7) is 4.15. The van der Waals surface area contributed by atoms with E-state index in [0.29, 0.717) is 64.1 Å². The van der Waals surface area contributed by atoms with Gasteiger partial charge in [-0.2, -0.15) is 0 Å². The Morgan fingerprint density at radius 3 is 2.73 bits per heavy atom. The average Bonchev–Trinajstić information content (AvgIpc) is 3.20. The van der Waals surface area contributed by atoms with Crippen LogP contribution in [0.5, 0.6) is 17.2 Å². The van der Waals surface area contributed by atoms with E-state index in [2.05, 4.69) is 4.90 Å². The third-order valence-electron chi connectivity index (χ3n) is 6.69. The van der Waals surface area contributed by atoms with Gasteiger partial charge in [0.2, 0.25) is 5.78 Å². The molecule has 0 aromatic heterocycles. The fourth-order valence-electron chi connectivity index (χ4n) is 4.88. The molecule has 0 N–H and O–H groups in total. The van der Waals surface area contributed by atoms with Gasteiger partial charge >= 0.3 is 0 Å². The van der Waals surface area contributed by atoms with Crippen LogP contribution < -0.4 is 14.2 Å². The summed E-state index contributed by atoms with van der Waals surface area (Å²) < 4.78 is 23.4. The molecule has 0 saturated heterocycles. The second-order valence-electron chi connectivity index (χ2n) is 9.22. The Bertz CT molecular complexity index is 1470. The fraction of sp³-hybridized carbons (Fsp3) is 0.250. The fourth-order valence-corrected chi connectivity index (χ4v) is 5.63. The van der Waals surface area contributed by atoms with E-state index in [0.717, 1.165) is 34.4 Å². The third kappa shape index (κ3) is 4.69. The van der Waals surface area contributed by atoms with Gasteiger partial charge in [-0.25, -0.2) is 0 Å². The number of nitrogens with zero attached hydrogens (tertiary/aromatic N) is 1. The maximum Gasteiger partial charge on any atom is 0.232 e. The molecule has 6 rings (SSSR count). The number of fused-ring (bicyclic) bond motifs is 4. The zero-order valence-corrected chi connectivity index (χ0v) is 22.2. The predicted octanol–water partition coefficient (Wildman–Crippen LogP) is 6.83. The molecule has 0 aliphatic carbocycles. The maximum atomic E-state index is 13.4. The number of aryl methyl sites for hydroxylation is 1. The van der Waals surface area contributed by atoms with E-state index in [9.17, 15) is 4.79 Å². The van der Waals surface area contributed by atoms with Gasteiger partial charge in [-0.3, -0.25) is 9.69 Å². The van der Waals surface area contributed by atoms with E-state index < -0.39 is 0 Å². The first-order valence-electron chi connectivity index (χ1n) is 11.8. The monoisotopic (exact) mass is 557 g/mol. The first-order chi connectivity index (χ1) is 17.9. The van der Waals surface area contributed by atoms with Crippen molar-refractivity contribution < 1.29 is 23.7 Å². The molecule has 3 aromatic rings. The van der Waals surface area contributed by atoms with E-state index in [1.807, 2.05) is 25.1 Å². The highest BCUT2D eigenvalue weighted by Gasteiger charge is 2.36. The molecule has 3 aliphatic heterocycles. The maximum absolute atomic E-state index is 13.4. The molecule has 0 fully saturated rings. The number of rotatable bonds is 4. The number of benzene rings is 3. The molecule has 190 valence electrons. The van der Waals surface area contributed by atoms with E-state index >= 15 is 0 Å². The zero-order valence-electron chi connectivity index (χ0n) is 19.9. The summed E-state index contributed by atoms with van der Waals surface area (Å²) in [7, 11) is 0. The average molecular weight is 559 g/mol. The number of halogens is 3. The van der Waals surface area contributed by atoms with Crippen molar-refractivity contribution in [3.63, 3.8) is 0 Å². The Balaban J connectivity index is 1.28. The van der Waals surface area contributed by atoms with E-state index in [1.54, 1.807) is 24.3 Å². The Kier molecular flexibility index (Phi) is 6.55. The Labute approximate surface area is 229 Å². The molecule has 0 saturated carbocycles. The van der Waals surface area contributed by atoms with Crippen LogP contribution >= 0.6 is 34.8 Å². The van der Waals surface area contributed by atoms with Gasteiger partial charge < -0.3 is 18.9 Å². The van der Waals surface area contributed by atoms with Crippen LogP contribution in [0.2, 0.25) is 15.1 Å². The molecule has 6 nitrogen and oxygen atoms in total. The molecular weight excluding hydrogens is 537 g/mol. The van der Waals surface area contributed by atoms with Crippen LogP contribution in [0.15, 0.2) is 42.2 Å². The van der Waals surface area contributed by atoms with Crippen molar-refractivity contribution in [3.8, 4) is 17.2 Å². The SMILES string of the molecule is Cc1cc2c(c3c1C(=O)/C(=C\c1cc(Cl)cc4c1OCOC4)O3)CN(CCc1ccc(Cl)cc1Cl)CO2. The minimum atomic E-state index is -0.179. The minimum Gasteiger partial charge on any atom is -0.478 e. The molecule has 3 heterocycles.